The lowest BCUT2D eigenvalue weighted by molar-refractivity contribution is -0.757. The Morgan fingerprint density at radius 3 is 2.73 bits per heavy atom. The Labute approximate surface area is 128 Å². The van der Waals surface area contributed by atoms with E-state index in [-0.39, 0.29) is 6.61 Å². The van der Waals surface area contributed by atoms with Gasteiger partial charge in [-0.05, 0) is 11.5 Å². The molecule has 0 amide bonds. The third-order valence-corrected chi connectivity index (χ3v) is 3.93. The van der Waals surface area contributed by atoms with Gasteiger partial charge in [-0.1, -0.05) is 24.3 Å². The van der Waals surface area contributed by atoms with Crippen LogP contribution in [0, 0.1) is 10.1 Å². The van der Waals surface area contributed by atoms with Gasteiger partial charge in [0, 0.05) is 44.3 Å². The Kier molecular flexibility index (Phi) is 4.34. The van der Waals surface area contributed by atoms with Crippen LogP contribution in [0.4, 0.5) is 5.82 Å². The number of fused-ring (bicyclic) bond motifs is 1. The smallest absolute Gasteiger partial charge is 0.294 e. The van der Waals surface area contributed by atoms with Crippen molar-refractivity contribution in [1.82, 2.24) is 9.88 Å². The molecule has 2 heterocycles. The fourth-order valence-corrected chi connectivity index (χ4v) is 2.78. The van der Waals surface area contributed by atoms with Crippen molar-refractivity contribution < 1.29 is 9.92 Å². The molecule has 7 heteroatoms. The summed E-state index contributed by atoms with van der Waals surface area (Å²) in [6.07, 6.45) is 1.84. The largest absolute Gasteiger partial charge is 0.354 e. The van der Waals surface area contributed by atoms with Crippen LogP contribution in [0.25, 0.3) is 10.8 Å². The van der Waals surface area contributed by atoms with Crippen LogP contribution in [0.3, 0.4) is 0 Å². The molecule has 1 aromatic heterocycles. The topological polar surface area (TPSA) is 71.7 Å². The van der Waals surface area contributed by atoms with E-state index in [0.29, 0.717) is 6.54 Å². The van der Waals surface area contributed by atoms with Gasteiger partial charge >= 0.3 is 0 Å². The first-order valence-corrected chi connectivity index (χ1v) is 7.32. The second-order valence-corrected chi connectivity index (χ2v) is 5.24. The summed E-state index contributed by atoms with van der Waals surface area (Å²) in [6, 6.07) is 10.3. The molecule has 0 unspecified atom stereocenters. The van der Waals surface area contributed by atoms with E-state index in [1.165, 1.54) is 5.39 Å². The van der Waals surface area contributed by atoms with Crippen molar-refractivity contribution in [2.75, 3.05) is 44.2 Å². The van der Waals surface area contributed by atoms with Crippen LogP contribution in [0.5, 0.6) is 0 Å². The van der Waals surface area contributed by atoms with Gasteiger partial charge in [0.15, 0.2) is 0 Å². The number of hydrogen-bond acceptors (Lipinski definition) is 6. The zero-order valence-corrected chi connectivity index (χ0v) is 12.2. The molecular weight excluding hydrogens is 284 g/mol. The average molecular weight is 302 g/mol. The number of benzene rings is 1. The summed E-state index contributed by atoms with van der Waals surface area (Å²) >= 11 is 0. The molecule has 1 fully saturated rings. The van der Waals surface area contributed by atoms with Crippen LogP contribution in [-0.2, 0) is 4.84 Å². The number of pyridine rings is 1. The minimum atomic E-state index is -0.740. The van der Waals surface area contributed by atoms with Gasteiger partial charge < -0.3 is 9.74 Å². The lowest BCUT2D eigenvalue weighted by Crippen LogP contribution is -2.47. The van der Waals surface area contributed by atoms with E-state index in [0.717, 1.165) is 37.4 Å². The Bertz CT molecular complexity index is 651. The molecule has 0 N–H and O–H groups in total. The van der Waals surface area contributed by atoms with Crippen LogP contribution in [0.1, 0.15) is 0 Å². The van der Waals surface area contributed by atoms with Gasteiger partial charge in [-0.25, -0.2) is 4.98 Å². The van der Waals surface area contributed by atoms with Crippen LogP contribution >= 0.6 is 0 Å². The van der Waals surface area contributed by atoms with E-state index in [1.807, 2.05) is 24.4 Å². The Balaban J connectivity index is 1.62. The van der Waals surface area contributed by atoms with E-state index in [1.54, 1.807) is 0 Å². The van der Waals surface area contributed by atoms with Crippen molar-refractivity contribution in [3.63, 3.8) is 0 Å². The third-order valence-electron chi connectivity index (χ3n) is 3.93. The molecule has 0 saturated carbocycles. The number of nitrogens with zero attached hydrogens (tertiary/aromatic N) is 4. The maximum atomic E-state index is 10.2. The fourth-order valence-electron chi connectivity index (χ4n) is 2.78. The highest BCUT2D eigenvalue weighted by atomic mass is 16.9. The zero-order valence-electron chi connectivity index (χ0n) is 12.2. The second kappa shape index (κ2) is 6.57. The molecule has 7 nitrogen and oxygen atoms in total. The Morgan fingerprint density at radius 1 is 1.18 bits per heavy atom. The predicted molar refractivity (Wildman–Crippen MR) is 83.3 cm³/mol. The molecule has 2 aromatic rings. The quantitative estimate of drug-likeness (QED) is 0.616. The van der Waals surface area contributed by atoms with Crippen molar-refractivity contribution in [2.45, 2.75) is 0 Å². The highest BCUT2D eigenvalue weighted by Crippen LogP contribution is 2.24. The van der Waals surface area contributed by atoms with Crippen LogP contribution in [0.2, 0.25) is 0 Å². The molecule has 0 aliphatic carbocycles. The molecule has 1 aliphatic heterocycles. The van der Waals surface area contributed by atoms with Crippen LogP contribution < -0.4 is 4.90 Å². The summed E-state index contributed by atoms with van der Waals surface area (Å²) in [6.45, 7) is 4.13. The average Bonchev–Trinajstić information content (AvgIpc) is 2.55. The number of piperazine rings is 1. The normalized spacial score (nSPS) is 15.9. The molecule has 1 aliphatic rings. The number of anilines is 1. The summed E-state index contributed by atoms with van der Waals surface area (Å²) in [5, 5.41) is 11.8. The van der Waals surface area contributed by atoms with E-state index < -0.39 is 5.09 Å². The summed E-state index contributed by atoms with van der Waals surface area (Å²) < 4.78 is 0. The first-order chi connectivity index (χ1) is 10.7. The highest BCUT2D eigenvalue weighted by Gasteiger charge is 2.19. The van der Waals surface area contributed by atoms with E-state index in [4.69, 9.17) is 0 Å². The summed E-state index contributed by atoms with van der Waals surface area (Å²) in [4.78, 5) is 23.5. The van der Waals surface area contributed by atoms with Gasteiger partial charge in [-0.3, -0.25) is 4.90 Å². The summed E-state index contributed by atoms with van der Waals surface area (Å²) in [5.41, 5.74) is 0. The molecule has 0 bridgehead atoms. The molecule has 1 aromatic carbocycles. The first kappa shape index (κ1) is 14.5. The summed E-state index contributed by atoms with van der Waals surface area (Å²) in [7, 11) is 0. The van der Waals surface area contributed by atoms with Gasteiger partial charge in [0.1, 0.15) is 12.4 Å². The molecule has 0 radical (unpaired) electrons. The zero-order chi connectivity index (χ0) is 15.4. The standard InChI is InChI=1S/C15H18N4O3/c20-19(21)22-12-11-17-7-9-18(10-8-17)15-14-4-2-1-3-13(14)5-6-16-15/h1-6H,7-12H2. The first-order valence-electron chi connectivity index (χ1n) is 7.32. The van der Waals surface area contributed by atoms with Crippen molar-refractivity contribution in [2.24, 2.45) is 0 Å². The molecule has 22 heavy (non-hydrogen) atoms. The van der Waals surface area contributed by atoms with Gasteiger partial charge in [0.2, 0.25) is 0 Å². The van der Waals surface area contributed by atoms with Gasteiger partial charge in [-0.2, -0.15) is 0 Å². The minimum absolute atomic E-state index is 0.125. The number of hydrogen-bond donors (Lipinski definition) is 0. The van der Waals surface area contributed by atoms with Crippen molar-refractivity contribution in [3.8, 4) is 0 Å². The van der Waals surface area contributed by atoms with Gasteiger partial charge in [-0.15, -0.1) is 10.1 Å². The lowest BCUT2D eigenvalue weighted by Gasteiger charge is -2.35. The van der Waals surface area contributed by atoms with Gasteiger partial charge in [0.25, 0.3) is 5.09 Å². The summed E-state index contributed by atoms with van der Waals surface area (Å²) in [5.74, 6) is 1.01. The molecule has 1 saturated heterocycles. The van der Waals surface area contributed by atoms with Crippen LogP contribution in [-0.4, -0.2) is 54.3 Å². The van der Waals surface area contributed by atoms with Crippen molar-refractivity contribution in [3.05, 3.63) is 46.6 Å². The van der Waals surface area contributed by atoms with Gasteiger partial charge in [0.05, 0.1) is 0 Å². The SMILES string of the molecule is O=[N+]([O-])OCCN1CCN(c2nccc3ccccc23)CC1. The molecular formula is C15H18N4O3. The fraction of sp³-hybridized carbons (Fsp3) is 0.400. The highest BCUT2D eigenvalue weighted by molar-refractivity contribution is 5.92. The molecule has 0 atom stereocenters. The van der Waals surface area contributed by atoms with Crippen molar-refractivity contribution in [1.29, 1.82) is 0 Å². The molecule has 0 spiro atoms. The van der Waals surface area contributed by atoms with Crippen LogP contribution in [0.15, 0.2) is 36.5 Å². The molecule has 116 valence electrons. The van der Waals surface area contributed by atoms with E-state index in [9.17, 15) is 10.1 Å². The monoisotopic (exact) mass is 302 g/mol. The van der Waals surface area contributed by atoms with Crippen molar-refractivity contribution >= 4 is 16.6 Å². The second-order valence-electron chi connectivity index (χ2n) is 5.24. The maximum absolute atomic E-state index is 10.2. The lowest BCUT2D eigenvalue weighted by atomic mass is 10.1. The number of aromatic nitrogens is 1. The third kappa shape index (κ3) is 3.25. The predicted octanol–water partition coefficient (Wildman–Crippen LogP) is 1.57. The van der Waals surface area contributed by atoms with E-state index in [2.05, 4.69) is 31.8 Å². The Hall–Kier alpha value is -2.41. The van der Waals surface area contributed by atoms with E-state index >= 15 is 0 Å². The Morgan fingerprint density at radius 2 is 1.95 bits per heavy atom. The molecule has 3 rings (SSSR count). The maximum Gasteiger partial charge on any atom is 0.294 e. The minimum Gasteiger partial charge on any atom is -0.354 e. The number of rotatable bonds is 5.